The first-order valence-corrected chi connectivity index (χ1v) is 25.1. The van der Waals surface area contributed by atoms with Gasteiger partial charge < -0.3 is 39.6 Å². The van der Waals surface area contributed by atoms with E-state index < -0.39 is 80.2 Å². The van der Waals surface area contributed by atoms with Crippen molar-refractivity contribution in [3.05, 3.63) is 105 Å². The molecule has 5 aromatic rings. The minimum atomic E-state index is -4.32. The summed E-state index contributed by atoms with van der Waals surface area (Å²) >= 11 is 0.808. The van der Waals surface area contributed by atoms with Gasteiger partial charge in [0, 0.05) is 31.5 Å². The molecule has 2 aliphatic rings. The number of aromatic amines is 1. The molecule has 356 valence electrons. The highest BCUT2D eigenvalue weighted by atomic mass is 32.7. The molecule has 0 bridgehead atoms. The molecule has 0 amide bonds. The molecule has 2 unspecified atom stereocenters. The Hall–Kier alpha value is -4.96. The molecule has 2 fully saturated rings. The van der Waals surface area contributed by atoms with E-state index in [0.717, 1.165) is 34.9 Å². The topological polar surface area (TPSA) is 264 Å². The summed E-state index contributed by atoms with van der Waals surface area (Å²) < 4.78 is 59.2. The van der Waals surface area contributed by atoms with Gasteiger partial charge in [-0.1, -0.05) is 64.0 Å². The van der Waals surface area contributed by atoms with Crippen LogP contribution in [-0.2, 0) is 33.6 Å². The van der Waals surface area contributed by atoms with Crippen LogP contribution in [0.1, 0.15) is 93.1 Å². The maximum atomic E-state index is 14.9. The monoisotopic (exact) mass is 953 g/mol. The quantitative estimate of drug-likeness (QED) is 0.0250. The molecule has 7 rings (SSSR count). The number of aliphatic hydroxyl groups excluding tert-OH is 2. The summed E-state index contributed by atoms with van der Waals surface area (Å²) in [6, 6.07) is 14.5. The number of aromatic nitrogens is 6. The zero-order chi connectivity index (χ0) is 46.6. The molecule has 66 heavy (non-hydrogen) atoms. The highest BCUT2D eigenvalue weighted by molar-refractivity contribution is 8.54. The fraction of sp³-hybridized carbons (Fsp3) is 0.500. The van der Waals surface area contributed by atoms with Crippen molar-refractivity contribution in [2.75, 3.05) is 32.7 Å². The summed E-state index contributed by atoms with van der Waals surface area (Å²) in [5.74, 6) is 0.640. The summed E-state index contributed by atoms with van der Waals surface area (Å²) in [5.41, 5.74) is 6.29. The Labute approximate surface area is 384 Å². The number of nitrogens with two attached hydrogens (primary N) is 1. The van der Waals surface area contributed by atoms with Gasteiger partial charge in [-0.05, 0) is 59.8 Å². The Morgan fingerprint density at radius 2 is 1.65 bits per heavy atom. The fourth-order valence-corrected chi connectivity index (χ4v) is 11.1. The second-order valence-corrected chi connectivity index (χ2v) is 20.0. The van der Waals surface area contributed by atoms with Gasteiger partial charge in [0.2, 0.25) is 0 Å². The Morgan fingerprint density at radius 1 is 0.924 bits per heavy atom. The fourth-order valence-electron chi connectivity index (χ4n) is 7.70. The van der Waals surface area contributed by atoms with E-state index >= 15 is 0 Å². The van der Waals surface area contributed by atoms with Crippen molar-refractivity contribution in [2.45, 2.75) is 113 Å². The number of anilines is 1. The number of methoxy groups -OCH3 is 1. The van der Waals surface area contributed by atoms with E-state index in [4.69, 9.17) is 38.5 Å². The summed E-state index contributed by atoms with van der Waals surface area (Å²) in [5, 5.41) is 21.5. The number of rotatable bonds is 24. The smallest absolute Gasteiger partial charge is 0.389 e. The van der Waals surface area contributed by atoms with E-state index in [2.05, 4.69) is 26.9 Å². The van der Waals surface area contributed by atoms with Gasteiger partial charge in [0.25, 0.3) is 5.56 Å². The number of aliphatic hydroxyl groups is 2. The van der Waals surface area contributed by atoms with Crippen LogP contribution in [0.25, 0.3) is 11.2 Å². The second-order valence-electron chi connectivity index (χ2n) is 15.9. The van der Waals surface area contributed by atoms with Crippen LogP contribution in [0.5, 0.6) is 11.5 Å². The maximum Gasteiger partial charge on any atom is 0.389 e. The Morgan fingerprint density at radius 3 is 2.36 bits per heavy atom. The van der Waals surface area contributed by atoms with E-state index in [1.54, 1.807) is 53.1 Å². The van der Waals surface area contributed by atoms with Gasteiger partial charge in [-0.3, -0.25) is 28.0 Å². The molecule has 3 aromatic heterocycles. The zero-order valence-electron chi connectivity index (χ0n) is 36.7. The number of imidazole rings is 1. The van der Waals surface area contributed by atoms with Gasteiger partial charge in [0.05, 0.1) is 37.8 Å². The number of carbonyl (C=O) groups excluding carboxylic acids is 1. The van der Waals surface area contributed by atoms with Gasteiger partial charge >= 0.3 is 18.5 Å². The van der Waals surface area contributed by atoms with Gasteiger partial charge in [0.1, 0.15) is 54.0 Å². The van der Waals surface area contributed by atoms with Crippen LogP contribution in [0.2, 0.25) is 0 Å². The third kappa shape index (κ3) is 12.3. The molecule has 8 atom stereocenters. The van der Waals surface area contributed by atoms with Crippen LogP contribution in [0.3, 0.4) is 0 Å². The van der Waals surface area contributed by atoms with E-state index in [0.29, 0.717) is 34.6 Å². The van der Waals surface area contributed by atoms with E-state index in [9.17, 15) is 29.2 Å². The lowest BCUT2D eigenvalue weighted by molar-refractivity contribution is -0.0625. The Balaban J connectivity index is 0.991. The number of nitrogens with one attached hydrogen (secondary N) is 1. The molecule has 0 saturated carbocycles. The third-order valence-corrected chi connectivity index (χ3v) is 14.9. The van der Waals surface area contributed by atoms with Crippen LogP contribution in [0.15, 0.2) is 83.0 Å². The van der Waals surface area contributed by atoms with Crippen molar-refractivity contribution in [3.8, 4) is 11.5 Å². The molecule has 0 radical (unpaired) electrons. The molecular weight excluding hydrogens is 898 g/mol. The van der Waals surface area contributed by atoms with Gasteiger partial charge in [-0.15, -0.1) is 0 Å². The molecule has 2 aromatic carbocycles. The number of ether oxygens (including phenoxy) is 5. The van der Waals surface area contributed by atoms with Crippen molar-refractivity contribution in [3.63, 3.8) is 0 Å². The van der Waals surface area contributed by atoms with Crippen LogP contribution in [0.4, 0.5) is 5.82 Å². The normalized spacial score (nSPS) is 22.7. The molecule has 20 nitrogen and oxygen atoms in total. The van der Waals surface area contributed by atoms with E-state index in [-0.39, 0.29) is 23.7 Å². The highest BCUT2D eigenvalue weighted by Crippen LogP contribution is 2.64. The van der Waals surface area contributed by atoms with Crippen LogP contribution in [0, 0.1) is 0 Å². The number of hydrogen-bond donors (Lipinski definition) is 4. The standard InChI is InChI=1S/C44H56N7O13PS/c1-3-4-5-6-7-8-9-10-21-59-30-17-13-29(14-18-30)43(55)61-31-15-11-28(12-16-31)25-66-65(57,64-38-33(23-52)63-42(39(38)58-2)50-20-19-35(54)49-44(50)56)60-24-34-32(53)22-36(62-34)51-27-48-37-40(45)46-26-47-41(37)51/h11-20,26-27,32-34,36,38-39,42,52-53H,3-10,21-25H2,1-2H3,(H2,45,46,47)(H,49,54,56)/t32?,33-,34-,36-,38?,39+,42-,65+/m1/s1. The number of nitrogens with zero attached hydrogens (tertiary/aromatic N) is 5. The first kappa shape index (κ1) is 49.0. The van der Waals surface area contributed by atoms with Crippen molar-refractivity contribution >= 4 is 41.1 Å². The molecular formula is C44H56N7O13PS. The van der Waals surface area contributed by atoms with Crippen molar-refractivity contribution in [2.24, 2.45) is 0 Å². The predicted molar refractivity (Wildman–Crippen MR) is 243 cm³/mol. The average Bonchev–Trinajstić information content (AvgIpc) is 4.02. The largest absolute Gasteiger partial charge is 0.494 e. The summed E-state index contributed by atoms with van der Waals surface area (Å²) in [6.45, 7) is -2.51. The first-order valence-electron chi connectivity index (χ1n) is 22.0. The SMILES string of the molecule is CCCCCCCCCCOc1ccc(C(=O)Oc2ccc(CS[P@@](=O)(OC[C@H]3O[C@@H](n4cnc5c(N)ncnc54)CC3O)OC3[C@@H](CO)O[C@@H](n4ccc(=O)[nH]c4=O)[C@H]3OC)cc2)cc1. The van der Waals surface area contributed by atoms with E-state index in [1.807, 2.05) is 0 Å². The minimum Gasteiger partial charge on any atom is -0.494 e. The molecule has 2 aliphatic heterocycles. The van der Waals surface area contributed by atoms with Crippen molar-refractivity contribution in [1.29, 1.82) is 0 Å². The maximum absolute atomic E-state index is 14.9. The number of benzene rings is 2. The van der Waals surface area contributed by atoms with Gasteiger partial charge in [0.15, 0.2) is 17.7 Å². The predicted octanol–water partition coefficient (Wildman–Crippen LogP) is 5.69. The average molecular weight is 954 g/mol. The number of hydrogen-bond acceptors (Lipinski definition) is 18. The van der Waals surface area contributed by atoms with Crippen LogP contribution >= 0.6 is 18.2 Å². The lowest BCUT2D eigenvalue weighted by Gasteiger charge is -2.28. The minimum absolute atomic E-state index is 0.0581. The van der Waals surface area contributed by atoms with Gasteiger partial charge in [-0.2, -0.15) is 0 Å². The summed E-state index contributed by atoms with van der Waals surface area (Å²) in [7, 11) is 1.32. The summed E-state index contributed by atoms with van der Waals surface area (Å²) in [4.78, 5) is 52.2. The molecule has 0 aliphatic carbocycles. The lowest BCUT2D eigenvalue weighted by atomic mass is 10.1. The molecule has 22 heteroatoms. The van der Waals surface area contributed by atoms with Gasteiger partial charge in [-0.25, -0.2) is 29.1 Å². The lowest BCUT2D eigenvalue weighted by Crippen LogP contribution is -2.39. The molecule has 2 saturated heterocycles. The molecule has 5 N–H and O–H groups in total. The summed E-state index contributed by atoms with van der Waals surface area (Å²) in [6.07, 6.45) is 6.25. The van der Waals surface area contributed by atoms with Crippen LogP contribution in [-0.4, -0.2) is 103 Å². The number of fused-ring (bicyclic) bond motifs is 1. The van der Waals surface area contributed by atoms with Crippen molar-refractivity contribution in [1.82, 2.24) is 29.1 Å². The second kappa shape index (κ2) is 23.2. The van der Waals surface area contributed by atoms with Crippen molar-refractivity contribution < 1.29 is 52.3 Å². The van der Waals surface area contributed by atoms with Crippen LogP contribution < -0.4 is 26.5 Å². The molecule has 5 heterocycles. The first-order chi connectivity index (χ1) is 32.0. The Bertz CT molecular complexity index is 2530. The Kier molecular flexibility index (Phi) is 17.2. The highest BCUT2D eigenvalue weighted by Gasteiger charge is 2.51. The number of unbranched alkanes of at least 4 members (excludes halogenated alkanes) is 7. The third-order valence-electron chi connectivity index (χ3n) is 11.3. The molecule has 0 spiro atoms. The number of carbonyl (C=O) groups is 1. The number of nitrogen functional groups attached to an aromatic ring is 1. The zero-order valence-corrected chi connectivity index (χ0v) is 38.4. The number of esters is 1. The number of H-pyrrole nitrogens is 1. The van der Waals surface area contributed by atoms with E-state index in [1.165, 1.54) is 64.5 Å².